The van der Waals surface area contributed by atoms with Gasteiger partial charge in [0, 0.05) is 29.5 Å². The molecular formula is C18H20N2O5S. The number of ether oxygens (including phenoxy) is 1. The summed E-state index contributed by atoms with van der Waals surface area (Å²) in [6, 6.07) is 6.01. The number of hydrogen-bond donors (Lipinski definition) is 1. The normalized spacial score (nSPS) is 10.4. The molecule has 1 heterocycles. The highest BCUT2D eigenvalue weighted by Crippen LogP contribution is 2.37. The number of nitrogens with zero attached hydrogens (tertiary/aromatic N) is 1. The van der Waals surface area contributed by atoms with Crippen LogP contribution in [-0.2, 0) is 9.53 Å². The Morgan fingerprint density at radius 1 is 1.31 bits per heavy atom. The summed E-state index contributed by atoms with van der Waals surface area (Å²) in [7, 11) is 0. The van der Waals surface area contributed by atoms with E-state index in [-0.39, 0.29) is 23.8 Å². The third kappa shape index (κ3) is 4.66. The monoisotopic (exact) mass is 376 g/mol. The van der Waals surface area contributed by atoms with Crippen LogP contribution in [-0.4, -0.2) is 23.4 Å². The predicted octanol–water partition coefficient (Wildman–Crippen LogP) is 4.63. The molecule has 26 heavy (non-hydrogen) atoms. The summed E-state index contributed by atoms with van der Waals surface area (Å²) in [5.41, 5.74) is 1.18. The van der Waals surface area contributed by atoms with Gasteiger partial charge >= 0.3 is 5.97 Å². The third-order valence-electron chi connectivity index (χ3n) is 3.65. The molecule has 1 amide bonds. The lowest BCUT2D eigenvalue weighted by atomic mass is 10.0. The van der Waals surface area contributed by atoms with Crippen molar-refractivity contribution in [3.8, 4) is 11.1 Å². The standard InChI is InChI=1S/C18H20N2O5S/c1-3-5-9-15(21)19-17-16(18(22)25-4-2)14(11-26-17)12-7-6-8-13(10-12)20(23)24/h6-8,10-11H,3-5,9H2,1-2H3,(H,19,21). The smallest absolute Gasteiger partial charge is 0.341 e. The summed E-state index contributed by atoms with van der Waals surface area (Å²) in [5.74, 6) is -0.745. The number of benzene rings is 1. The summed E-state index contributed by atoms with van der Waals surface area (Å²) < 4.78 is 5.11. The largest absolute Gasteiger partial charge is 0.462 e. The SMILES string of the molecule is CCCCC(=O)Nc1scc(-c2cccc([N+](=O)[O-])c2)c1C(=O)OCC. The number of non-ortho nitro benzene ring substituents is 1. The molecule has 0 aliphatic heterocycles. The Morgan fingerprint density at radius 2 is 2.08 bits per heavy atom. The van der Waals surface area contributed by atoms with Gasteiger partial charge in [-0.25, -0.2) is 4.79 Å². The lowest BCUT2D eigenvalue weighted by molar-refractivity contribution is -0.384. The van der Waals surface area contributed by atoms with Crippen LogP contribution in [0.2, 0.25) is 0 Å². The predicted molar refractivity (Wildman–Crippen MR) is 101 cm³/mol. The number of esters is 1. The fourth-order valence-corrected chi connectivity index (χ4v) is 3.36. The van der Waals surface area contributed by atoms with Crippen LogP contribution >= 0.6 is 11.3 Å². The summed E-state index contributed by atoms with van der Waals surface area (Å²) in [4.78, 5) is 35.0. The molecule has 0 aliphatic carbocycles. The van der Waals surface area contributed by atoms with Crippen LogP contribution in [0.15, 0.2) is 29.6 Å². The van der Waals surface area contributed by atoms with Gasteiger partial charge in [0.2, 0.25) is 5.91 Å². The molecular weight excluding hydrogens is 356 g/mol. The molecule has 0 bridgehead atoms. The lowest BCUT2D eigenvalue weighted by Gasteiger charge is -2.08. The quantitative estimate of drug-likeness (QED) is 0.411. The van der Waals surface area contributed by atoms with Gasteiger partial charge in [-0.15, -0.1) is 11.3 Å². The van der Waals surface area contributed by atoms with Gasteiger partial charge in [-0.05, 0) is 18.9 Å². The van der Waals surface area contributed by atoms with E-state index < -0.39 is 10.9 Å². The number of amides is 1. The minimum Gasteiger partial charge on any atom is -0.462 e. The summed E-state index contributed by atoms with van der Waals surface area (Å²) >= 11 is 1.20. The van der Waals surface area contributed by atoms with Gasteiger partial charge < -0.3 is 10.1 Å². The second-order valence-electron chi connectivity index (χ2n) is 5.53. The maximum absolute atomic E-state index is 12.4. The van der Waals surface area contributed by atoms with Crippen molar-refractivity contribution in [2.45, 2.75) is 33.1 Å². The van der Waals surface area contributed by atoms with Crippen molar-refractivity contribution in [3.05, 3.63) is 45.3 Å². The number of nitro groups is 1. The molecule has 0 fully saturated rings. The van der Waals surface area contributed by atoms with Crippen molar-refractivity contribution in [2.24, 2.45) is 0 Å². The fourth-order valence-electron chi connectivity index (χ4n) is 2.38. The average molecular weight is 376 g/mol. The van der Waals surface area contributed by atoms with Crippen LogP contribution in [0.4, 0.5) is 10.7 Å². The number of hydrogen-bond acceptors (Lipinski definition) is 6. The molecule has 138 valence electrons. The molecule has 0 saturated heterocycles. The van der Waals surface area contributed by atoms with Crippen LogP contribution < -0.4 is 5.32 Å². The number of rotatable bonds is 8. The number of nitro benzene ring substituents is 1. The van der Waals surface area contributed by atoms with E-state index in [0.717, 1.165) is 12.8 Å². The number of nitrogens with one attached hydrogen (secondary N) is 1. The first-order valence-electron chi connectivity index (χ1n) is 8.31. The van der Waals surface area contributed by atoms with E-state index in [4.69, 9.17) is 4.74 Å². The maximum atomic E-state index is 12.4. The Labute approximate surface area is 155 Å². The van der Waals surface area contributed by atoms with Crippen LogP contribution in [0, 0.1) is 10.1 Å². The van der Waals surface area contributed by atoms with Crippen molar-refractivity contribution in [1.29, 1.82) is 0 Å². The first-order valence-corrected chi connectivity index (χ1v) is 9.19. The Balaban J connectivity index is 2.43. The Hall–Kier alpha value is -2.74. The second kappa shape index (κ2) is 9.10. The zero-order valence-electron chi connectivity index (χ0n) is 14.6. The van der Waals surface area contributed by atoms with Gasteiger partial charge in [0.05, 0.1) is 11.5 Å². The number of carbonyl (C=O) groups excluding carboxylic acids is 2. The molecule has 0 unspecified atom stereocenters. The Bertz CT molecular complexity index is 816. The molecule has 0 aliphatic rings. The molecule has 1 N–H and O–H groups in total. The first-order chi connectivity index (χ1) is 12.5. The molecule has 2 rings (SSSR count). The highest BCUT2D eigenvalue weighted by molar-refractivity contribution is 7.15. The Morgan fingerprint density at radius 3 is 2.73 bits per heavy atom. The Kier molecular flexibility index (Phi) is 6.85. The van der Waals surface area contributed by atoms with Crippen molar-refractivity contribution in [1.82, 2.24) is 0 Å². The minimum absolute atomic E-state index is 0.0722. The maximum Gasteiger partial charge on any atom is 0.341 e. The molecule has 7 nitrogen and oxygen atoms in total. The molecule has 2 aromatic rings. The summed E-state index contributed by atoms with van der Waals surface area (Å²) in [6.07, 6.45) is 2.01. The summed E-state index contributed by atoms with van der Waals surface area (Å²) in [6.45, 7) is 3.87. The van der Waals surface area contributed by atoms with Gasteiger partial charge in [0.1, 0.15) is 10.6 Å². The molecule has 1 aromatic carbocycles. The van der Waals surface area contributed by atoms with Gasteiger partial charge in [0.25, 0.3) is 5.69 Å². The van der Waals surface area contributed by atoms with E-state index in [1.165, 1.54) is 23.5 Å². The van der Waals surface area contributed by atoms with E-state index >= 15 is 0 Å². The molecule has 0 saturated carbocycles. The molecule has 0 spiro atoms. The van der Waals surface area contributed by atoms with E-state index in [1.54, 1.807) is 24.4 Å². The van der Waals surface area contributed by atoms with E-state index in [1.807, 2.05) is 6.92 Å². The zero-order valence-corrected chi connectivity index (χ0v) is 15.4. The molecule has 0 radical (unpaired) electrons. The first kappa shape index (κ1) is 19.6. The van der Waals surface area contributed by atoms with E-state index in [2.05, 4.69) is 5.32 Å². The highest BCUT2D eigenvalue weighted by Gasteiger charge is 2.23. The van der Waals surface area contributed by atoms with Crippen LogP contribution in [0.5, 0.6) is 0 Å². The highest BCUT2D eigenvalue weighted by atomic mass is 32.1. The number of carbonyl (C=O) groups is 2. The van der Waals surface area contributed by atoms with Gasteiger partial charge in [-0.1, -0.05) is 25.5 Å². The van der Waals surface area contributed by atoms with Crippen LogP contribution in [0.1, 0.15) is 43.5 Å². The molecule has 1 aromatic heterocycles. The van der Waals surface area contributed by atoms with Crippen LogP contribution in [0.25, 0.3) is 11.1 Å². The van der Waals surface area contributed by atoms with Gasteiger partial charge in [0.15, 0.2) is 0 Å². The topological polar surface area (TPSA) is 98.5 Å². The number of anilines is 1. The number of unbranched alkanes of at least 4 members (excludes halogenated alkanes) is 1. The van der Waals surface area contributed by atoms with Crippen LogP contribution in [0.3, 0.4) is 0 Å². The van der Waals surface area contributed by atoms with E-state index in [0.29, 0.717) is 22.5 Å². The average Bonchev–Trinajstić information content (AvgIpc) is 3.03. The third-order valence-corrected chi connectivity index (χ3v) is 4.54. The second-order valence-corrected chi connectivity index (χ2v) is 6.41. The molecule has 8 heteroatoms. The van der Waals surface area contributed by atoms with Crippen molar-refractivity contribution < 1.29 is 19.2 Å². The number of thiophene rings is 1. The lowest BCUT2D eigenvalue weighted by Crippen LogP contribution is -2.14. The van der Waals surface area contributed by atoms with Gasteiger partial charge in [-0.2, -0.15) is 0 Å². The van der Waals surface area contributed by atoms with Gasteiger partial charge in [-0.3, -0.25) is 14.9 Å². The summed E-state index contributed by atoms with van der Waals surface area (Å²) in [5, 5.41) is 15.9. The van der Waals surface area contributed by atoms with E-state index in [9.17, 15) is 19.7 Å². The minimum atomic E-state index is -0.568. The van der Waals surface area contributed by atoms with Crippen molar-refractivity contribution in [2.75, 3.05) is 11.9 Å². The zero-order chi connectivity index (χ0) is 19.1. The molecule has 0 atom stereocenters. The van der Waals surface area contributed by atoms with Crippen molar-refractivity contribution >= 4 is 33.9 Å². The van der Waals surface area contributed by atoms with Crippen molar-refractivity contribution in [3.63, 3.8) is 0 Å². The fraction of sp³-hybridized carbons (Fsp3) is 0.333.